The average molecular weight is 203 g/mol. The third-order valence-electron chi connectivity index (χ3n) is 1.89. The van der Waals surface area contributed by atoms with Crippen LogP contribution in [0.15, 0.2) is 35.1 Å². The number of hydrogen-bond acceptors (Lipinski definition) is 5. The van der Waals surface area contributed by atoms with Crippen molar-refractivity contribution in [3.05, 3.63) is 40.8 Å². The molecule has 0 fully saturated rings. The molecule has 1 aromatic carbocycles. The zero-order valence-electron chi connectivity index (χ0n) is 7.79. The molecule has 0 saturated carbocycles. The van der Waals surface area contributed by atoms with E-state index in [-0.39, 0.29) is 11.9 Å². The molecule has 0 atom stereocenters. The zero-order chi connectivity index (χ0) is 10.8. The Morgan fingerprint density at radius 1 is 1.00 bits per heavy atom. The van der Waals surface area contributed by atoms with Gasteiger partial charge in [-0.3, -0.25) is 4.57 Å². The Balaban J connectivity index is 2.69. The Kier molecular flexibility index (Phi) is 2.09. The first kappa shape index (κ1) is 9.20. The fourth-order valence-corrected chi connectivity index (χ4v) is 1.28. The van der Waals surface area contributed by atoms with Gasteiger partial charge >= 0.3 is 5.69 Å². The molecule has 0 radical (unpaired) electrons. The molecule has 0 aliphatic carbocycles. The zero-order valence-corrected chi connectivity index (χ0v) is 7.79. The topological polar surface area (TPSA) is 99.8 Å². The van der Waals surface area contributed by atoms with Gasteiger partial charge in [-0.05, 0) is 12.1 Å². The molecule has 0 unspecified atom stereocenters. The number of nitrogens with two attached hydrogens (primary N) is 2. The van der Waals surface area contributed by atoms with Gasteiger partial charge in [-0.2, -0.15) is 9.97 Å². The summed E-state index contributed by atoms with van der Waals surface area (Å²) in [6.45, 7) is 0. The SMILES string of the molecule is Nc1nc(=O)nc(N)n1-c1ccccc1. The normalized spacial score (nSPS) is 10.1. The number of nitrogen functional groups attached to an aromatic ring is 2. The predicted molar refractivity (Wildman–Crippen MR) is 56.5 cm³/mol. The lowest BCUT2D eigenvalue weighted by atomic mass is 10.3. The van der Waals surface area contributed by atoms with Crippen LogP contribution in [-0.2, 0) is 0 Å². The molecule has 0 bridgehead atoms. The van der Waals surface area contributed by atoms with E-state index < -0.39 is 5.69 Å². The first-order valence-electron chi connectivity index (χ1n) is 4.26. The van der Waals surface area contributed by atoms with Crippen LogP contribution in [0.1, 0.15) is 0 Å². The standard InChI is InChI=1S/C9H9N5O/c10-7-12-9(15)13-8(11)14(7)6-4-2-1-3-5-6/h1-5H,(H4,10,11,12,13,15). The molecule has 1 heterocycles. The van der Waals surface area contributed by atoms with Crippen molar-refractivity contribution in [3.8, 4) is 5.69 Å². The van der Waals surface area contributed by atoms with Crippen molar-refractivity contribution in [1.29, 1.82) is 0 Å². The van der Waals surface area contributed by atoms with Gasteiger partial charge in [0.15, 0.2) is 0 Å². The van der Waals surface area contributed by atoms with Crippen LogP contribution >= 0.6 is 0 Å². The Morgan fingerprint density at radius 3 is 2.07 bits per heavy atom. The highest BCUT2D eigenvalue weighted by Gasteiger charge is 2.06. The first-order valence-corrected chi connectivity index (χ1v) is 4.26. The fraction of sp³-hybridized carbons (Fsp3) is 0. The van der Waals surface area contributed by atoms with Crippen LogP contribution in [0.3, 0.4) is 0 Å². The van der Waals surface area contributed by atoms with Crippen molar-refractivity contribution in [1.82, 2.24) is 14.5 Å². The summed E-state index contributed by atoms with van der Waals surface area (Å²) in [7, 11) is 0. The summed E-state index contributed by atoms with van der Waals surface area (Å²) in [6.07, 6.45) is 0. The second-order valence-corrected chi connectivity index (χ2v) is 2.89. The van der Waals surface area contributed by atoms with Gasteiger partial charge in [-0.15, -0.1) is 0 Å². The summed E-state index contributed by atoms with van der Waals surface area (Å²) >= 11 is 0. The minimum Gasteiger partial charge on any atom is -0.369 e. The van der Waals surface area contributed by atoms with Gasteiger partial charge in [0.1, 0.15) is 0 Å². The van der Waals surface area contributed by atoms with E-state index in [9.17, 15) is 4.79 Å². The molecule has 0 spiro atoms. The Hall–Kier alpha value is -2.37. The molecule has 0 aliphatic heterocycles. The van der Waals surface area contributed by atoms with E-state index in [1.807, 2.05) is 18.2 Å². The summed E-state index contributed by atoms with van der Waals surface area (Å²) in [5.41, 5.74) is 11.2. The molecule has 4 N–H and O–H groups in total. The lowest BCUT2D eigenvalue weighted by molar-refractivity contribution is 0.917. The van der Waals surface area contributed by atoms with Gasteiger partial charge in [0.25, 0.3) is 0 Å². The van der Waals surface area contributed by atoms with E-state index in [0.29, 0.717) is 5.69 Å². The highest BCUT2D eigenvalue weighted by Crippen LogP contribution is 2.12. The predicted octanol–water partition coefficient (Wildman–Crippen LogP) is -0.208. The highest BCUT2D eigenvalue weighted by molar-refractivity contribution is 5.44. The van der Waals surface area contributed by atoms with Crippen LogP contribution in [0, 0.1) is 0 Å². The molecule has 0 saturated heterocycles. The average Bonchev–Trinajstić information content (AvgIpc) is 2.17. The summed E-state index contributed by atoms with van der Waals surface area (Å²) in [6, 6.07) is 9.10. The first-order chi connectivity index (χ1) is 7.18. The van der Waals surface area contributed by atoms with E-state index in [4.69, 9.17) is 11.5 Å². The third kappa shape index (κ3) is 1.64. The van der Waals surface area contributed by atoms with Gasteiger partial charge in [-0.1, -0.05) is 18.2 Å². The highest BCUT2D eigenvalue weighted by atomic mass is 16.1. The van der Waals surface area contributed by atoms with Crippen LogP contribution in [0.25, 0.3) is 5.69 Å². The van der Waals surface area contributed by atoms with Crippen molar-refractivity contribution >= 4 is 11.9 Å². The molecule has 6 nitrogen and oxygen atoms in total. The van der Waals surface area contributed by atoms with E-state index >= 15 is 0 Å². The van der Waals surface area contributed by atoms with Crippen LogP contribution in [0.4, 0.5) is 11.9 Å². The van der Waals surface area contributed by atoms with E-state index in [1.165, 1.54) is 4.57 Å². The number of benzene rings is 1. The molecular formula is C9H9N5O. The van der Waals surface area contributed by atoms with E-state index in [1.54, 1.807) is 12.1 Å². The largest absolute Gasteiger partial charge is 0.373 e. The van der Waals surface area contributed by atoms with Crippen LogP contribution in [0.5, 0.6) is 0 Å². The maximum Gasteiger partial charge on any atom is 0.373 e. The van der Waals surface area contributed by atoms with Crippen molar-refractivity contribution in [2.75, 3.05) is 11.5 Å². The molecule has 2 aromatic rings. The summed E-state index contributed by atoms with van der Waals surface area (Å²) in [4.78, 5) is 17.9. The number of rotatable bonds is 1. The number of hydrogen-bond donors (Lipinski definition) is 2. The van der Waals surface area contributed by atoms with Gasteiger partial charge in [-0.25, -0.2) is 4.79 Å². The Bertz CT molecular complexity index is 508. The monoisotopic (exact) mass is 203 g/mol. The molecule has 6 heteroatoms. The van der Waals surface area contributed by atoms with Crippen molar-refractivity contribution in [3.63, 3.8) is 0 Å². The molecule has 0 amide bonds. The maximum absolute atomic E-state index is 10.9. The quantitative estimate of drug-likeness (QED) is 0.668. The number of para-hydroxylation sites is 1. The number of aromatic nitrogens is 3. The molecule has 76 valence electrons. The van der Waals surface area contributed by atoms with Crippen LogP contribution in [-0.4, -0.2) is 14.5 Å². The lowest BCUT2D eigenvalue weighted by Gasteiger charge is -2.10. The molecule has 0 aliphatic rings. The number of nitrogens with zero attached hydrogens (tertiary/aromatic N) is 3. The molecular weight excluding hydrogens is 194 g/mol. The minimum absolute atomic E-state index is 0.0266. The van der Waals surface area contributed by atoms with Crippen LogP contribution < -0.4 is 17.2 Å². The molecule has 15 heavy (non-hydrogen) atoms. The van der Waals surface area contributed by atoms with E-state index in [0.717, 1.165) is 0 Å². The second kappa shape index (κ2) is 3.41. The lowest BCUT2D eigenvalue weighted by Crippen LogP contribution is -2.22. The summed E-state index contributed by atoms with van der Waals surface area (Å²) < 4.78 is 1.40. The summed E-state index contributed by atoms with van der Waals surface area (Å²) in [5, 5.41) is 0. The maximum atomic E-state index is 10.9. The fourth-order valence-electron chi connectivity index (χ4n) is 1.28. The van der Waals surface area contributed by atoms with Gasteiger partial charge in [0.05, 0.1) is 5.69 Å². The smallest absolute Gasteiger partial charge is 0.369 e. The van der Waals surface area contributed by atoms with Gasteiger partial charge in [0, 0.05) is 0 Å². The van der Waals surface area contributed by atoms with Gasteiger partial charge < -0.3 is 11.5 Å². The second-order valence-electron chi connectivity index (χ2n) is 2.89. The minimum atomic E-state index is -0.683. The molecule has 1 aromatic heterocycles. The van der Waals surface area contributed by atoms with Crippen molar-refractivity contribution in [2.24, 2.45) is 0 Å². The number of anilines is 2. The van der Waals surface area contributed by atoms with Crippen LogP contribution in [0.2, 0.25) is 0 Å². The Labute approximate surface area is 85.2 Å². The van der Waals surface area contributed by atoms with E-state index in [2.05, 4.69) is 9.97 Å². The van der Waals surface area contributed by atoms with Crippen molar-refractivity contribution in [2.45, 2.75) is 0 Å². The van der Waals surface area contributed by atoms with Gasteiger partial charge in [0.2, 0.25) is 11.9 Å². The summed E-state index contributed by atoms with van der Waals surface area (Å²) in [5.74, 6) is 0.0531. The van der Waals surface area contributed by atoms with Crippen molar-refractivity contribution < 1.29 is 0 Å². The Morgan fingerprint density at radius 2 is 1.53 bits per heavy atom. The third-order valence-corrected chi connectivity index (χ3v) is 1.89. The molecule has 2 rings (SSSR count).